The molecule has 0 amide bonds. The first-order chi connectivity index (χ1) is 7.46. The van der Waals surface area contributed by atoms with Gasteiger partial charge in [0, 0.05) is 5.02 Å². The first-order valence-corrected chi connectivity index (χ1v) is 13.8. The van der Waals surface area contributed by atoms with Gasteiger partial charge in [0.15, 0.2) is 0 Å². The average molecular weight is 326 g/mol. The van der Waals surface area contributed by atoms with Crippen LogP contribution in [-0.2, 0) is 0 Å². The van der Waals surface area contributed by atoms with Gasteiger partial charge in [-0.05, 0) is 16.4 Å². The summed E-state index contributed by atoms with van der Waals surface area (Å²) in [6, 6.07) is 2.04. The third kappa shape index (κ3) is 3.30. The van der Waals surface area contributed by atoms with Gasteiger partial charge in [0.05, 0.1) is 26.2 Å². The van der Waals surface area contributed by atoms with Gasteiger partial charge in [-0.2, -0.15) is 0 Å². The summed E-state index contributed by atoms with van der Waals surface area (Å²) >= 11 is 19.3. The lowest BCUT2D eigenvalue weighted by Gasteiger charge is -2.26. The van der Waals surface area contributed by atoms with Gasteiger partial charge in [-0.1, -0.05) is 74.1 Å². The summed E-state index contributed by atoms with van der Waals surface area (Å²) in [4.78, 5) is 0. The molecule has 0 radical (unpaired) electrons. The van der Waals surface area contributed by atoms with Crippen LogP contribution < -0.4 is 10.4 Å². The minimum Gasteiger partial charge on any atom is -0.0844 e. The van der Waals surface area contributed by atoms with Gasteiger partial charge >= 0.3 is 0 Å². The smallest absolute Gasteiger partial charge is 0.0815 e. The summed E-state index contributed by atoms with van der Waals surface area (Å²) in [5.41, 5.74) is 0. The second-order valence-corrected chi connectivity index (χ2v) is 17.6. The van der Waals surface area contributed by atoms with E-state index >= 15 is 0 Å². The minimum atomic E-state index is -1.57. The van der Waals surface area contributed by atoms with Gasteiger partial charge in [0.25, 0.3) is 0 Å². The quantitative estimate of drug-likeness (QED) is 0.544. The molecule has 0 atom stereocenters. The highest BCUT2D eigenvalue weighted by molar-refractivity contribution is 6.94. The molecule has 0 spiro atoms. The zero-order valence-corrected chi connectivity index (χ0v) is 15.5. The van der Waals surface area contributed by atoms with E-state index < -0.39 is 16.1 Å². The van der Waals surface area contributed by atoms with Crippen LogP contribution in [0.2, 0.25) is 54.3 Å². The van der Waals surface area contributed by atoms with Gasteiger partial charge in [0.2, 0.25) is 0 Å². The van der Waals surface area contributed by atoms with Crippen LogP contribution in [0.4, 0.5) is 0 Å². The van der Waals surface area contributed by atoms with E-state index in [9.17, 15) is 0 Å². The van der Waals surface area contributed by atoms with Crippen LogP contribution in [-0.4, -0.2) is 16.1 Å². The fourth-order valence-electron chi connectivity index (χ4n) is 1.83. The van der Waals surface area contributed by atoms with Crippen LogP contribution in [0.15, 0.2) is 6.07 Å². The van der Waals surface area contributed by atoms with Gasteiger partial charge in [-0.15, -0.1) is 0 Å². The minimum absolute atomic E-state index is 0.677. The van der Waals surface area contributed by atoms with E-state index in [1.807, 2.05) is 6.07 Å². The van der Waals surface area contributed by atoms with Crippen LogP contribution >= 0.6 is 34.8 Å². The van der Waals surface area contributed by atoms with Crippen molar-refractivity contribution in [2.24, 2.45) is 0 Å². The molecule has 1 aromatic rings. The van der Waals surface area contributed by atoms with E-state index in [-0.39, 0.29) is 0 Å². The maximum atomic E-state index is 6.43. The molecule has 0 saturated carbocycles. The molecule has 0 aromatic heterocycles. The summed E-state index contributed by atoms with van der Waals surface area (Å²) < 4.78 is 0. The van der Waals surface area contributed by atoms with E-state index in [0.717, 1.165) is 15.4 Å². The maximum Gasteiger partial charge on any atom is 0.0815 e. The second kappa shape index (κ2) is 4.89. The molecule has 17 heavy (non-hydrogen) atoms. The van der Waals surface area contributed by atoms with Crippen molar-refractivity contribution >= 4 is 61.3 Å². The van der Waals surface area contributed by atoms with Gasteiger partial charge in [0.1, 0.15) is 0 Å². The van der Waals surface area contributed by atoms with Crippen molar-refractivity contribution in [3.63, 3.8) is 0 Å². The summed E-state index contributed by atoms with van der Waals surface area (Å²) in [6.07, 6.45) is 0. The highest BCUT2D eigenvalue weighted by atomic mass is 35.5. The molecule has 0 aliphatic carbocycles. The van der Waals surface area contributed by atoms with Crippen LogP contribution in [0.5, 0.6) is 0 Å². The van der Waals surface area contributed by atoms with E-state index in [4.69, 9.17) is 34.8 Å². The van der Waals surface area contributed by atoms with Gasteiger partial charge in [-0.3, -0.25) is 0 Å². The number of hydrogen-bond acceptors (Lipinski definition) is 0. The predicted molar refractivity (Wildman–Crippen MR) is 87.4 cm³/mol. The van der Waals surface area contributed by atoms with Crippen molar-refractivity contribution in [2.45, 2.75) is 39.3 Å². The Morgan fingerprint density at radius 1 is 0.765 bits per heavy atom. The van der Waals surface area contributed by atoms with Crippen LogP contribution in [0.3, 0.4) is 0 Å². The van der Waals surface area contributed by atoms with Gasteiger partial charge in [-0.25, -0.2) is 0 Å². The lowest BCUT2D eigenvalue weighted by Crippen LogP contribution is -2.44. The van der Waals surface area contributed by atoms with Crippen molar-refractivity contribution in [3.05, 3.63) is 21.1 Å². The lowest BCUT2D eigenvalue weighted by atomic mass is 10.3. The molecule has 0 aliphatic heterocycles. The highest BCUT2D eigenvalue weighted by Gasteiger charge is 2.29. The molecule has 1 rings (SSSR count). The molecule has 0 fully saturated rings. The Labute approximate surface area is 121 Å². The van der Waals surface area contributed by atoms with Crippen molar-refractivity contribution in [2.75, 3.05) is 0 Å². The first-order valence-electron chi connectivity index (χ1n) is 5.64. The van der Waals surface area contributed by atoms with E-state index in [1.165, 1.54) is 0 Å². The van der Waals surface area contributed by atoms with E-state index in [0.29, 0.717) is 10.0 Å². The SMILES string of the molecule is C[Si](C)(C)c1cc(Cl)c([Si](C)(C)C)c(Cl)c1Cl. The number of halogens is 3. The molecule has 0 N–H and O–H groups in total. The fraction of sp³-hybridized carbons (Fsp3) is 0.500. The molecular weight excluding hydrogens is 307 g/mol. The van der Waals surface area contributed by atoms with Crippen LogP contribution in [0.25, 0.3) is 0 Å². The number of hydrogen-bond donors (Lipinski definition) is 0. The number of benzene rings is 1. The molecule has 96 valence electrons. The summed E-state index contributed by atoms with van der Waals surface area (Å²) in [5, 5.41) is 4.41. The molecular formula is C12H19Cl3Si2. The van der Waals surface area contributed by atoms with E-state index in [2.05, 4.69) is 39.3 Å². The molecule has 5 heteroatoms. The van der Waals surface area contributed by atoms with E-state index in [1.54, 1.807) is 0 Å². The maximum absolute atomic E-state index is 6.43. The third-order valence-electron chi connectivity index (χ3n) is 2.72. The Kier molecular flexibility index (Phi) is 4.49. The standard InChI is InChI=1S/C12H19Cl3Si2/c1-16(2,3)9-7-8(13)12(17(4,5)6)11(15)10(9)14/h7H,1-6H3. The summed E-state index contributed by atoms with van der Waals surface area (Å²) in [6.45, 7) is 13.4. The van der Waals surface area contributed by atoms with Crippen LogP contribution in [0, 0.1) is 0 Å². The monoisotopic (exact) mass is 324 g/mol. The molecule has 0 nitrogen and oxygen atoms in total. The Morgan fingerprint density at radius 2 is 1.24 bits per heavy atom. The zero-order valence-electron chi connectivity index (χ0n) is 11.2. The Morgan fingerprint density at radius 3 is 1.59 bits per heavy atom. The average Bonchev–Trinajstić information content (AvgIpc) is 2.07. The van der Waals surface area contributed by atoms with Crippen molar-refractivity contribution in [3.8, 4) is 0 Å². The highest BCUT2D eigenvalue weighted by Crippen LogP contribution is 2.27. The first kappa shape index (κ1) is 15.6. The van der Waals surface area contributed by atoms with Crippen molar-refractivity contribution in [1.82, 2.24) is 0 Å². The topological polar surface area (TPSA) is 0 Å². The molecule has 0 heterocycles. The Bertz CT molecular complexity index is 443. The van der Waals surface area contributed by atoms with Crippen molar-refractivity contribution < 1.29 is 0 Å². The molecule has 0 saturated heterocycles. The molecule has 0 bridgehead atoms. The fourth-order valence-corrected chi connectivity index (χ4v) is 8.17. The third-order valence-corrected chi connectivity index (χ3v) is 8.39. The molecule has 0 unspecified atom stereocenters. The van der Waals surface area contributed by atoms with Crippen molar-refractivity contribution in [1.29, 1.82) is 0 Å². The Hall–Kier alpha value is 0.524. The largest absolute Gasteiger partial charge is 0.0844 e. The second-order valence-electron chi connectivity index (χ2n) is 6.41. The van der Waals surface area contributed by atoms with Gasteiger partial charge < -0.3 is 0 Å². The Balaban J connectivity index is 3.60. The molecule has 0 aliphatic rings. The lowest BCUT2D eigenvalue weighted by molar-refractivity contribution is 1.66. The summed E-state index contributed by atoms with van der Waals surface area (Å²) in [5.74, 6) is 0. The molecule has 1 aromatic carbocycles. The zero-order chi connectivity index (χ0) is 13.6. The number of rotatable bonds is 2. The predicted octanol–water partition coefficient (Wildman–Crippen LogP) is 4.74. The van der Waals surface area contributed by atoms with Crippen LogP contribution in [0.1, 0.15) is 0 Å². The normalized spacial score (nSPS) is 13.0. The summed E-state index contributed by atoms with van der Waals surface area (Å²) in [7, 11) is -3.08.